The van der Waals surface area contributed by atoms with Gasteiger partial charge in [-0.3, -0.25) is 4.79 Å². The van der Waals surface area contributed by atoms with Crippen LogP contribution >= 0.6 is 0 Å². The summed E-state index contributed by atoms with van der Waals surface area (Å²) >= 11 is 0. The zero-order valence-electron chi connectivity index (χ0n) is 10.6. The Balaban J connectivity index is 2.06. The van der Waals surface area contributed by atoms with Crippen LogP contribution < -0.4 is 16.0 Å². The number of nitrogens with one attached hydrogen (secondary N) is 3. The predicted octanol–water partition coefficient (Wildman–Crippen LogP) is 0.803. The van der Waals surface area contributed by atoms with Crippen molar-refractivity contribution < 1.29 is 14.0 Å². The molecule has 104 valence electrons. The lowest BCUT2D eigenvalue weighted by Gasteiger charge is -2.07. The van der Waals surface area contributed by atoms with Crippen molar-refractivity contribution in [2.45, 2.75) is 12.8 Å². The van der Waals surface area contributed by atoms with E-state index < -0.39 is 0 Å². The Hall–Kier alpha value is -2.11. The van der Waals surface area contributed by atoms with E-state index in [0.717, 1.165) is 5.56 Å². The van der Waals surface area contributed by atoms with E-state index in [9.17, 15) is 14.0 Å². The number of carbonyl (C=O) groups is 2. The summed E-state index contributed by atoms with van der Waals surface area (Å²) in [7, 11) is 0. The van der Waals surface area contributed by atoms with Gasteiger partial charge in [-0.2, -0.15) is 0 Å². The lowest BCUT2D eigenvalue weighted by atomic mass is 10.1. The quantitative estimate of drug-likeness (QED) is 0.482. The highest BCUT2D eigenvalue weighted by atomic mass is 19.1. The topological polar surface area (TPSA) is 70.2 Å². The fourth-order valence-corrected chi connectivity index (χ4v) is 1.49. The molecule has 0 saturated carbocycles. The molecule has 0 fully saturated rings. The van der Waals surface area contributed by atoms with Crippen LogP contribution in [0.5, 0.6) is 0 Å². The van der Waals surface area contributed by atoms with Gasteiger partial charge in [-0.05, 0) is 30.5 Å². The third kappa shape index (κ3) is 7.03. The molecule has 6 heteroatoms. The highest BCUT2D eigenvalue weighted by molar-refractivity contribution is 5.73. The lowest BCUT2D eigenvalue weighted by Crippen LogP contribution is -2.37. The van der Waals surface area contributed by atoms with Crippen molar-refractivity contribution in [2.75, 3.05) is 19.6 Å². The molecule has 0 aliphatic carbocycles. The van der Waals surface area contributed by atoms with Gasteiger partial charge in [0.1, 0.15) is 5.82 Å². The summed E-state index contributed by atoms with van der Waals surface area (Å²) in [5, 5.41) is 7.88. The molecule has 0 bridgehead atoms. The molecule has 0 radical (unpaired) electrons. The molecule has 0 aliphatic heterocycles. The zero-order chi connectivity index (χ0) is 13.9. The zero-order valence-corrected chi connectivity index (χ0v) is 10.6. The third-order valence-electron chi connectivity index (χ3n) is 2.48. The number of benzene rings is 1. The molecule has 19 heavy (non-hydrogen) atoms. The maximum Gasteiger partial charge on any atom is 0.314 e. The first-order valence-electron chi connectivity index (χ1n) is 6.15. The molecule has 5 nitrogen and oxygen atoms in total. The molecule has 0 aliphatic rings. The fraction of sp³-hybridized carbons (Fsp3) is 0.385. The number of amides is 3. The van der Waals surface area contributed by atoms with Crippen LogP contribution in [0.1, 0.15) is 12.0 Å². The Labute approximate surface area is 111 Å². The summed E-state index contributed by atoms with van der Waals surface area (Å²) in [6, 6.07) is 5.94. The minimum absolute atomic E-state index is 0.242. The van der Waals surface area contributed by atoms with Gasteiger partial charge in [-0.1, -0.05) is 12.1 Å². The largest absolute Gasteiger partial charge is 0.359 e. The van der Waals surface area contributed by atoms with Gasteiger partial charge >= 0.3 is 6.03 Å². The molecular formula is C13H18FN3O2. The SMILES string of the molecule is O=CNCCCNC(=O)NCCc1ccc(F)cc1. The highest BCUT2D eigenvalue weighted by Crippen LogP contribution is 2.02. The second-order valence-electron chi connectivity index (χ2n) is 3.98. The molecule has 0 heterocycles. The van der Waals surface area contributed by atoms with Gasteiger partial charge < -0.3 is 16.0 Å². The molecule has 0 saturated heterocycles. The van der Waals surface area contributed by atoms with E-state index in [-0.39, 0.29) is 11.8 Å². The first-order chi connectivity index (χ1) is 9.22. The van der Waals surface area contributed by atoms with Gasteiger partial charge in [0, 0.05) is 19.6 Å². The first kappa shape index (κ1) is 14.9. The van der Waals surface area contributed by atoms with Crippen molar-refractivity contribution in [3.05, 3.63) is 35.6 Å². The predicted molar refractivity (Wildman–Crippen MR) is 70.2 cm³/mol. The molecule has 3 N–H and O–H groups in total. The molecule has 1 rings (SSSR count). The van der Waals surface area contributed by atoms with E-state index in [1.807, 2.05) is 0 Å². The van der Waals surface area contributed by atoms with Crippen molar-refractivity contribution in [2.24, 2.45) is 0 Å². The molecular weight excluding hydrogens is 249 g/mol. The number of carbonyl (C=O) groups excluding carboxylic acids is 2. The lowest BCUT2D eigenvalue weighted by molar-refractivity contribution is -0.109. The number of hydrogen-bond donors (Lipinski definition) is 3. The van der Waals surface area contributed by atoms with Gasteiger partial charge in [0.2, 0.25) is 6.41 Å². The second kappa shape index (κ2) is 8.91. The summed E-state index contributed by atoms with van der Waals surface area (Å²) in [4.78, 5) is 21.3. The second-order valence-corrected chi connectivity index (χ2v) is 3.98. The minimum atomic E-state index is -0.265. The normalized spacial score (nSPS) is 9.74. The molecule has 3 amide bonds. The van der Waals surface area contributed by atoms with Crippen LogP contribution in [-0.2, 0) is 11.2 Å². The molecule has 1 aromatic rings. The Morgan fingerprint density at radius 1 is 1.11 bits per heavy atom. The third-order valence-corrected chi connectivity index (χ3v) is 2.48. The van der Waals surface area contributed by atoms with Crippen LogP contribution in [0, 0.1) is 5.82 Å². The van der Waals surface area contributed by atoms with E-state index in [1.165, 1.54) is 12.1 Å². The van der Waals surface area contributed by atoms with Gasteiger partial charge in [-0.25, -0.2) is 9.18 Å². The summed E-state index contributed by atoms with van der Waals surface area (Å²) in [5.41, 5.74) is 0.969. The number of halogens is 1. The molecule has 1 aromatic carbocycles. The number of urea groups is 1. The average Bonchev–Trinajstić information content (AvgIpc) is 2.41. The van der Waals surface area contributed by atoms with Crippen molar-refractivity contribution in [1.29, 1.82) is 0 Å². The van der Waals surface area contributed by atoms with E-state index >= 15 is 0 Å². The smallest absolute Gasteiger partial charge is 0.314 e. The molecule has 0 aromatic heterocycles. The summed E-state index contributed by atoms with van der Waals surface area (Å²) in [6.07, 6.45) is 1.97. The molecule has 0 atom stereocenters. The maximum absolute atomic E-state index is 12.7. The number of hydrogen-bond acceptors (Lipinski definition) is 2. The van der Waals surface area contributed by atoms with Gasteiger partial charge in [0.25, 0.3) is 0 Å². The summed E-state index contributed by atoms with van der Waals surface area (Å²) in [6.45, 7) is 1.53. The molecule has 0 spiro atoms. The Kier molecular flexibility index (Phi) is 7.01. The van der Waals surface area contributed by atoms with Crippen molar-refractivity contribution >= 4 is 12.4 Å². The van der Waals surface area contributed by atoms with Crippen LogP contribution in [-0.4, -0.2) is 32.1 Å². The van der Waals surface area contributed by atoms with Crippen LogP contribution in [0.15, 0.2) is 24.3 Å². The van der Waals surface area contributed by atoms with Gasteiger partial charge in [-0.15, -0.1) is 0 Å². The Morgan fingerprint density at radius 3 is 2.47 bits per heavy atom. The standard InChI is InChI=1S/C13H18FN3O2/c14-12-4-2-11(3-5-12)6-9-17-13(19)16-8-1-7-15-10-18/h2-5,10H,1,6-9H2,(H,15,18)(H2,16,17,19). The van der Waals surface area contributed by atoms with Gasteiger partial charge in [0.15, 0.2) is 0 Å². The van der Waals surface area contributed by atoms with E-state index in [4.69, 9.17) is 0 Å². The van der Waals surface area contributed by atoms with Crippen molar-refractivity contribution in [3.63, 3.8) is 0 Å². The first-order valence-corrected chi connectivity index (χ1v) is 6.15. The summed E-state index contributed by atoms with van der Waals surface area (Å²) < 4.78 is 12.7. The van der Waals surface area contributed by atoms with Crippen LogP contribution in [0.3, 0.4) is 0 Å². The van der Waals surface area contributed by atoms with Crippen molar-refractivity contribution in [1.82, 2.24) is 16.0 Å². The van der Waals surface area contributed by atoms with Crippen LogP contribution in [0.2, 0.25) is 0 Å². The van der Waals surface area contributed by atoms with Crippen LogP contribution in [0.25, 0.3) is 0 Å². The summed E-state index contributed by atoms with van der Waals surface area (Å²) in [5.74, 6) is -0.265. The Morgan fingerprint density at radius 2 is 1.79 bits per heavy atom. The minimum Gasteiger partial charge on any atom is -0.359 e. The van der Waals surface area contributed by atoms with E-state index in [0.29, 0.717) is 38.9 Å². The maximum atomic E-state index is 12.7. The fourth-order valence-electron chi connectivity index (χ4n) is 1.49. The average molecular weight is 267 g/mol. The van der Waals surface area contributed by atoms with Crippen LogP contribution in [0.4, 0.5) is 9.18 Å². The monoisotopic (exact) mass is 267 g/mol. The molecule has 0 unspecified atom stereocenters. The number of rotatable bonds is 8. The highest BCUT2D eigenvalue weighted by Gasteiger charge is 1.99. The van der Waals surface area contributed by atoms with Gasteiger partial charge in [0.05, 0.1) is 0 Å². The van der Waals surface area contributed by atoms with Crippen molar-refractivity contribution in [3.8, 4) is 0 Å². The van der Waals surface area contributed by atoms with E-state index in [1.54, 1.807) is 12.1 Å². The van der Waals surface area contributed by atoms with E-state index in [2.05, 4.69) is 16.0 Å². The Bertz CT molecular complexity index is 395.